The second kappa shape index (κ2) is 6.93. The minimum atomic E-state index is -0.0557. The van der Waals surface area contributed by atoms with Gasteiger partial charge in [0.25, 0.3) is 0 Å². The molecule has 0 unspecified atom stereocenters. The number of amides is 1. The molecular weight excluding hydrogens is 298 g/mol. The Morgan fingerprint density at radius 1 is 1.41 bits per heavy atom. The molecule has 1 amide bonds. The van der Waals surface area contributed by atoms with Gasteiger partial charge in [0.2, 0.25) is 5.91 Å². The van der Waals surface area contributed by atoms with Gasteiger partial charge in [0.15, 0.2) is 0 Å². The summed E-state index contributed by atoms with van der Waals surface area (Å²) in [6.07, 6.45) is 7.74. The highest BCUT2D eigenvalue weighted by Gasteiger charge is 2.27. The van der Waals surface area contributed by atoms with Gasteiger partial charge in [-0.3, -0.25) is 24.6 Å². The molecular formula is C15H19N5OS. The minimum Gasteiger partial charge on any atom is -0.351 e. The average Bonchev–Trinajstić information content (AvgIpc) is 3.18. The predicted molar refractivity (Wildman–Crippen MR) is 84.1 cm³/mol. The van der Waals surface area contributed by atoms with Crippen molar-refractivity contribution in [2.24, 2.45) is 0 Å². The lowest BCUT2D eigenvalue weighted by Crippen LogP contribution is -2.24. The van der Waals surface area contributed by atoms with Crippen LogP contribution in [0.3, 0.4) is 0 Å². The highest BCUT2D eigenvalue weighted by atomic mass is 32.1. The van der Waals surface area contributed by atoms with Gasteiger partial charge >= 0.3 is 0 Å². The Labute approximate surface area is 133 Å². The molecule has 1 fully saturated rings. The molecule has 2 aromatic rings. The summed E-state index contributed by atoms with van der Waals surface area (Å²) in [5.41, 5.74) is 3.66. The van der Waals surface area contributed by atoms with Crippen LogP contribution in [0, 0.1) is 0 Å². The number of rotatable bonds is 5. The molecule has 1 aliphatic rings. The molecule has 0 aromatic carbocycles. The third-order valence-corrected chi connectivity index (χ3v) is 4.53. The van der Waals surface area contributed by atoms with E-state index in [1.807, 2.05) is 17.9 Å². The molecule has 1 N–H and O–H groups in total. The smallest absolute Gasteiger partial charge is 0.217 e. The van der Waals surface area contributed by atoms with Crippen molar-refractivity contribution in [2.45, 2.75) is 38.9 Å². The van der Waals surface area contributed by atoms with Gasteiger partial charge in [-0.1, -0.05) is 0 Å². The number of hydrogen-bond acceptors (Lipinski definition) is 6. The second-order valence-electron chi connectivity index (χ2n) is 5.44. The van der Waals surface area contributed by atoms with E-state index in [0.29, 0.717) is 12.6 Å². The van der Waals surface area contributed by atoms with Crippen molar-refractivity contribution in [3.8, 4) is 0 Å². The molecule has 22 heavy (non-hydrogen) atoms. The van der Waals surface area contributed by atoms with Crippen LogP contribution in [0.15, 0.2) is 24.1 Å². The number of hydrogen-bond donors (Lipinski definition) is 1. The summed E-state index contributed by atoms with van der Waals surface area (Å²) >= 11 is 1.69. The van der Waals surface area contributed by atoms with E-state index in [1.165, 1.54) is 18.2 Å². The molecule has 0 radical (unpaired) electrons. The van der Waals surface area contributed by atoms with E-state index < -0.39 is 0 Å². The van der Waals surface area contributed by atoms with E-state index in [-0.39, 0.29) is 5.91 Å². The molecule has 1 atom stereocenters. The number of aromatic nitrogens is 3. The molecule has 1 saturated heterocycles. The van der Waals surface area contributed by atoms with Gasteiger partial charge < -0.3 is 5.32 Å². The lowest BCUT2D eigenvalue weighted by atomic mass is 10.1. The van der Waals surface area contributed by atoms with Crippen LogP contribution in [-0.4, -0.2) is 32.3 Å². The maximum Gasteiger partial charge on any atom is 0.217 e. The number of carbonyl (C=O) groups is 1. The SMILES string of the molecule is CC(=O)NCc1cncc([C@@H]2CCCN2Cc2cncs2)n1. The summed E-state index contributed by atoms with van der Waals surface area (Å²) in [6, 6.07) is 0.298. The van der Waals surface area contributed by atoms with Crippen molar-refractivity contribution in [3.05, 3.63) is 40.4 Å². The molecule has 1 aliphatic heterocycles. The summed E-state index contributed by atoms with van der Waals surface area (Å²) in [6.45, 7) is 3.91. The Morgan fingerprint density at radius 2 is 2.32 bits per heavy atom. The minimum absolute atomic E-state index is 0.0557. The highest BCUT2D eigenvalue weighted by molar-refractivity contribution is 7.09. The Hall–Kier alpha value is -1.86. The van der Waals surface area contributed by atoms with Gasteiger partial charge in [0.1, 0.15) is 0 Å². The summed E-state index contributed by atoms with van der Waals surface area (Å²) in [4.78, 5) is 27.8. The lowest BCUT2D eigenvalue weighted by molar-refractivity contribution is -0.119. The van der Waals surface area contributed by atoms with Crippen LogP contribution in [0.4, 0.5) is 0 Å². The van der Waals surface area contributed by atoms with Crippen molar-refractivity contribution >= 4 is 17.2 Å². The molecule has 2 aromatic heterocycles. The Balaban J connectivity index is 1.71. The van der Waals surface area contributed by atoms with Crippen molar-refractivity contribution in [2.75, 3.05) is 6.54 Å². The number of carbonyl (C=O) groups excluding carboxylic acids is 1. The summed E-state index contributed by atoms with van der Waals surface area (Å²) in [7, 11) is 0. The van der Waals surface area contributed by atoms with Gasteiger partial charge in [-0.25, -0.2) is 0 Å². The standard InChI is InChI=1S/C15H19N5OS/c1-11(21)18-6-12-5-16-8-14(19-12)15-3-2-4-20(15)9-13-7-17-10-22-13/h5,7-8,10,15H,2-4,6,9H2,1H3,(H,18,21)/t15-/m0/s1. The van der Waals surface area contributed by atoms with E-state index in [4.69, 9.17) is 0 Å². The third kappa shape index (κ3) is 3.66. The monoisotopic (exact) mass is 317 g/mol. The molecule has 7 heteroatoms. The lowest BCUT2D eigenvalue weighted by Gasteiger charge is -2.23. The molecule has 116 valence electrons. The van der Waals surface area contributed by atoms with Crippen LogP contribution in [0.5, 0.6) is 0 Å². The Morgan fingerprint density at radius 3 is 3.09 bits per heavy atom. The highest BCUT2D eigenvalue weighted by Crippen LogP contribution is 2.32. The Bertz CT molecular complexity index is 631. The second-order valence-corrected chi connectivity index (χ2v) is 6.41. The number of nitrogens with zero attached hydrogens (tertiary/aromatic N) is 4. The number of nitrogens with one attached hydrogen (secondary N) is 1. The fourth-order valence-corrected chi connectivity index (χ4v) is 3.37. The molecule has 3 rings (SSSR count). The summed E-state index contributed by atoms with van der Waals surface area (Å²) in [5.74, 6) is -0.0557. The average molecular weight is 317 g/mol. The number of likely N-dealkylation sites (tertiary alicyclic amines) is 1. The van der Waals surface area contributed by atoms with Crippen LogP contribution >= 0.6 is 11.3 Å². The fraction of sp³-hybridized carbons (Fsp3) is 0.467. The first-order chi connectivity index (χ1) is 10.7. The van der Waals surface area contributed by atoms with E-state index >= 15 is 0 Å². The van der Waals surface area contributed by atoms with Crippen molar-refractivity contribution < 1.29 is 4.79 Å². The Kier molecular flexibility index (Phi) is 4.74. The van der Waals surface area contributed by atoms with E-state index in [0.717, 1.165) is 30.9 Å². The van der Waals surface area contributed by atoms with Gasteiger partial charge in [-0.15, -0.1) is 11.3 Å². The summed E-state index contributed by atoms with van der Waals surface area (Å²) in [5, 5.41) is 2.77. The summed E-state index contributed by atoms with van der Waals surface area (Å²) < 4.78 is 0. The van der Waals surface area contributed by atoms with Crippen LogP contribution in [0.1, 0.15) is 42.1 Å². The van der Waals surface area contributed by atoms with Crippen LogP contribution in [0.2, 0.25) is 0 Å². The third-order valence-electron chi connectivity index (χ3n) is 3.77. The first-order valence-corrected chi connectivity index (χ1v) is 8.27. The fourth-order valence-electron chi connectivity index (χ4n) is 2.75. The van der Waals surface area contributed by atoms with Crippen LogP contribution < -0.4 is 5.32 Å². The quantitative estimate of drug-likeness (QED) is 0.912. The predicted octanol–water partition coefficient (Wildman–Crippen LogP) is 1.91. The molecule has 3 heterocycles. The van der Waals surface area contributed by atoms with Crippen molar-refractivity contribution in [1.82, 2.24) is 25.2 Å². The number of thiazole rings is 1. The first kappa shape index (κ1) is 15.1. The molecule has 0 aliphatic carbocycles. The zero-order valence-corrected chi connectivity index (χ0v) is 13.3. The van der Waals surface area contributed by atoms with E-state index in [1.54, 1.807) is 17.5 Å². The van der Waals surface area contributed by atoms with Crippen molar-refractivity contribution in [3.63, 3.8) is 0 Å². The first-order valence-electron chi connectivity index (χ1n) is 7.39. The molecule has 0 saturated carbocycles. The zero-order valence-electron chi connectivity index (χ0n) is 12.5. The topological polar surface area (TPSA) is 71.0 Å². The normalized spacial score (nSPS) is 18.5. The zero-order chi connectivity index (χ0) is 15.4. The van der Waals surface area contributed by atoms with Gasteiger partial charge in [0, 0.05) is 24.5 Å². The van der Waals surface area contributed by atoms with Gasteiger partial charge in [0.05, 0.1) is 41.9 Å². The maximum atomic E-state index is 11.0. The van der Waals surface area contributed by atoms with E-state index in [2.05, 4.69) is 25.2 Å². The van der Waals surface area contributed by atoms with Gasteiger partial charge in [-0.05, 0) is 19.4 Å². The molecule has 6 nitrogen and oxygen atoms in total. The van der Waals surface area contributed by atoms with Crippen LogP contribution in [0.25, 0.3) is 0 Å². The van der Waals surface area contributed by atoms with Crippen molar-refractivity contribution in [1.29, 1.82) is 0 Å². The maximum absolute atomic E-state index is 11.0. The molecule has 0 spiro atoms. The molecule has 0 bridgehead atoms. The van der Waals surface area contributed by atoms with E-state index in [9.17, 15) is 4.79 Å². The van der Waals surface area contributed by atoms with Crippen LogP contribution in [-0.2, 0) is 17.9 Å². The largest absolute Gasteiger partial charge is 0.351 e. The van der Waals surface area contributed by atoms with Gasteiger partial charge in [-0.2, -0.15) is 0 Å².